The molecule has 18 heavy (non-hydrogen) atoms. The summed E-state index contributed by atoms with van der Waals surface area (Å²) in [6.45, 7) is 5.36. The van der Waals surface area contributed by atoms with E-state index >= 15 is 0 Å². The fourth-order valence-corrected chi connectivity index (χ4v) is 1.75. The molecule has 4 nitrogen and oxygen atoms in total. The second kappa shape index (κ2) is 7.24. The molecule has 1 rings (SSSR count). The van der Waals surface area contributed by atoms with Gasteiger partial charge in [0.05, 0.1) is 0 Å². The van der Waals surface area contributed by atoms with E-state index in [-0.39, 0.29) is 0 Å². The van der Waals surface area contributed by atoms with Gasteiger partial charge in [-0.1, -0.05) is 25.4 Å². The van der Waals surface area contributed by atoms with Crippen LogP contribution in [0.4, 0.5) is 0 Å². The van der Waals surface area contributed by atoms with Crippen LogP contribution in [0.2, 0.25) is 5.02 Å². The minimum Gasteiger partial charge on any atom is -0.480 e. The highest BCUT2D eigenvalue weighted by Crippen LogP contribution is 2.24. The summed E-state index contributed by atoms with van der Waals surface area (Å²) in [5.74, 6) is 0.188. The van der Waals surface area contributed by atoms with Gasteiger partial charge in [-0.2, -0.15) is 0 Å². The van der Waals surface area contributed by atoms with Crippen LogP contribution in [0.25, 0.3) is 0 Å². The second-order valence-corrected chi connectivity index (χ2v) is 4.39. The van der Waals surface area contributed by atoms with Crippen LogP contribution in [0, 0.1) is 0 Å². The summed E-state index contributed by atoms with van der Waals surface area (Å²) >= 11 is 5.95. The molecular formula is C13H19ClN2O2. The lowest BCUT2D eigenvalue weighted by molar-refractivity contribution is -0.124. The van der Waals surface area contributed by atoms with Gasteiger partial charge in [0.25, 0.3) is 5.91 Å². The summed E-state index contributed by atoms with van der Waals surface area (Å²) in [7, 11) is 0. The maximum Gasteiger partial charge on any atom is 0.258 e. The van der Waals surface area contributed by atoms with E-state index in [9.17, 15) is 4.79 Å². The van der Waals surface area contributed by atoms with E-state index in [4.69, 9.17) is 22.1 Å². The highest BCUT2D eigenvalue weighted by molar-refractivity contribution is 6.30. The number of carbonyl (C=O) groups is 1. The van der Waals surface area contributed by atoms with Crippen molar-refractivity contribution >= 4 is 17.5 Å². The fourth-order valence-electron chi connectivity index (χ4n) is 1.56. The molecule has 100 valence electrons. The van der Waals surface area contributed by atoms with E-state index < -0.39 is 12.0 Å². The summed E-state index contributed by atoms with van der Waals surface area (Å²) in [5.41, 5.74) is 6.19. The number of nitrogens with two attached hydrogens (primary N) is 1. The highest BCUT2D eigenvalue weighted by atomic mass is 35.5. The fraction of sp³-hybridized carbons (Fsp3) is 0.462. The Morgan fingerprint density at radius 2 is 2.22 bits per heavy atom. The zero-order valence-electron chi connectivity index (χ0n) is 10.7. The Kier molecular flexibility index (Phi) is 5.95. The van der Waals surface area contributed by atoms with E-state index in [1.54, 1.807) is 12.1 Å². The first-order valence-electron chi connectivity index (χ1n) is 6.03. The number of amides is 1. The van der Waals surface area contributed by atoms with Crippen LogP contribution in [-0.4, -0.2) is 18.6 Å². The van der Waals surface area contributed by atoms with Crippen molar-refractivity contribution in [3.63, 3.8) is 0 Å². The van der Waals surface area contributed by atoms with Gasteiger partial charge >= 0.3 is 0 Å². The predicted molar refractivity (Wildman–Crippen MR) is 72.7 cm³/mol. The van der Waals surface area contributed by atoms with Crippen LogP contribution in [0.1, 0.15) is 25.8 Å². The zero-order chi connectivity index (χ0) is 13.5. The van der Waals surface area contributed by atoms with Gasteiger partial charge in [-0.15, -0.1) is 0 Å². The van der Waals surface area contributed by atoms with Crippen LogP contribution in [0.3, 0.4) is 0 Å². The van der Waals surface area contributed by atoms with Crippen LogP contribution in [0.15, 0.2) is 18.2 Å². The molecule has 0 aliphatic heterocycles. The molecule has 0 spiro atoms. The first-order valence-corrected chi connectivity index (χ1v) is 6.41. The van der Waals surface area contributed by atoms with E-state index in [2.05, 4.69) is 5.32 Å². The van der Waals surface area contributed by atoms with Crippen LogP contribution in [-0.2, 0) is 11.3 Å². The Labute approximate surface area is 112 Å². The lowest BCUT2D eigenvalue weighted by Crippen LogP contribution is -2.33. The van der Waals surface area contributed by atoms with Crippen molar-refractivity contribution in [3.8, 4) is 5.75 Å². The van der Waals surface area contributed by atoms with Gasteiger partial charge in [0.2, 0.25) is 0 Å². The Morgan fingerprint density at radius 1 is 1.50 bits per heavy atom. The van der Waals surface area contributed by atoms with Crippen LogP contribution in [0.5, 0.6) is 5.75 Å². The molecule has 1 aromatic carbocycles. The molecule has 0 aromatic heterocycles. The standard InChI is InChI=1S/C13H19ClN2O2/c1-3-11(13(15)17)18-12-6-5-10(14)7-9(12)8-16-4-2/h5-7,11,16H,3-4,8H2,1-2H3,(H2,15,17). The van der Waals surface area contributed by atoms with E-state index in [0.717, 1.165) is 12.1 Å². The lowest BCUT2D eigenvalue weighted by Gasteiger charge is -2.17. The Balaban J connectivity index is 2.89. The molecule has 3 N–H and O–H groups in total. The molecule has 1 aromatic rings. The molecule has 0 saturated heterocycles. The van der Waals surface area contributed by atoms with E-state index in [1.165, 1.54) is 0 Å². The number of benzene rings is 1. The average molecular weight is 271 g/mol. The molecule has 0 aliphatic rings. The average Bonchev–Trinajstić information content (AvgIpc) is 2.34. The molecule has 1 atom stereocenters. The molecule has 1 amide bonds. The summed E-state index contributed by atoms with van der Waals surface area (Å²) in [6, 6.07) is 5.33. The smallest absolute Gasteiger partial charge is 0.258 e. The molecule has 0 heterocycles. The molecule has 5 heteroatoms. The monoisotopic (exact) mass is 270 g/mol. The van der Waals surface area contributed by atoms with Crippen molar-refractivity contribution < 1.29 is 9.53 Å². The van der Waals surface area contributed by atoms with Gasteiger partial charge in [0, 0.05) is 17.1 Å². The lowest BCUT2D eigenvalue weighted by atomic mass is 10.2. The SMILES string of the molecule is CCNCc1cc(Cl)ccc1OC(CC)C(N)=O. The maximum absolute atomic E-state index is 11.2. The van der Waals surface area contributed by atoms with Gasteiger partial charge < -0.3 is 15.8 Å². The third kappa shape index (κ3) is 4.20. The molecule has 1 unspecified atom stereocenters. The number of rotatable bonds is 7. The topological polar surface area (TPSA) is 64.3 Å². The minimum absolute atomic E-state index is 0.457. The number of hydrogen-bond donors (Lipinski definition) is 2. The van der Waals surface area contributed by atoms with Crippen LogP contribution < -0.4 is 15.8 Å². The third-order valence-corrected chi connectivity index (χ3v) is 2.78. The minimum atomic E-state index is -0.605. The summed E-state index contributed by atoms with van der Waals surface area (Å²) in [6.07, 6.45) is -0.0648. The molecule has 0 fully saturated rings. The van der Waals surface area contributed by atoms with E-state index in [1.807, 2.05) is 19.9 Å². The number of ether oxygens (including phenoxy) is 1. The molecule has 0 bridgehead atoms. The molecule has 0 radical (unpaired) electrons. The second-order valence-electron chi connectivity index (χ2n) is 3.95. The van der Waals surface area contributed by atoms with Crippen molar-refractivity contribution in [2.24, 2.45) is 5.73 Å². The van der Waals surface area contributed by atoms with Crippen molar-refractivity contribution in [1.82, 2.24) is 5.32 Å². The number of hydrogen-bond acceptors (Lipinski definition) is 3. The van der Waals surface area contributed by atoms with Gasteiger partial charge in [0.1, 0.15) is 5.75 Å². The van der Waals surface area contributed by atoms with Gasteiger partial charge in [0.15, 0.2) is 6.10 Å². The van der Waals surface area contributed by atoms with Crippen molar-refractivity contribution in [2.45, 2.75) is 32.9 Å². The molecular weight excluding hydrogens is 252 g/mol. The van der Waals surface area contributed by atoms with Crippen molar-refractivity contribution in [2.75, 3.05) is 6.54 Å². The largest absolute Gasteiger partial charge is 0.480 e. The molecule has 0 saturated carbocycles. The van der Waals surface area contributed by atoms with Gasteiger partial charge in [-0.25, -0.2) is 0 Å². The maximum atomic E-state index is 11.2. The van der Waals surface area contributed by atoms with Crippen molar-refractivity contribution in [3.05, 3.63) is 28.8 Å². The van der Waals surface area contributed by atoms with E-state index in [0.29, 0.717) is 23.7 Å². The first-order chi connectivity index (χ1) is 8.58. The Bertz CT molecular complexity index is 410. The number of nitrogens with one attached hydrogen (secondary N) is 1. The third-order valence-electron chi connectivity index (χ3n) is 2.55. The first kappa shape index (κ1) is 14.8. The van der Waals surface area contributed by atoms with Gasteiger partial charge in [-0.05, 0) is 31.2 Å². The highest BCUT2D eigenvalue weighted by Gasteiger charge is 2.16. The Morgan fingerprint density at radius 3 is 2.78 bits per heavy atom. The summed E-state index contributed by atoms with van der Waals surface area (Å²) in [5, 5.41) is 3.84. The zero-order valence-corrected chi connectivity index (χ0v) is 11.5. The summed E-state index contributed by atoms with van der Waals surface area (Å²) < 4.78 is 5.64. The summed E-state index contributed by atoms with van der Waals surface area (Å²) in [4.78, 5) is 11.2. The van der Waals surface area contributed by atoms with Crippen LogP contribution >= 0.6 is 11.6 Å². The number of carbonyl (C=O) groups excluding carboxylic acids is 1. The Hall–Kier alpha value is -1.26. The van der Waals surface area contributed by atoms with Crippen molar-refractivity contribution in [1.29, 1.82) is 0 Å². The normalized spacial score (nSPS) is 12.2. The number of halogens is 1. The quantitative estimate of drug-likeness (QED) is 0.797. The number of primary amides is 1. The van der Waals surface area contributed by atoms with Gasteiger partial charge in [-0.3, -0.25) is 4.79 Å². The predicted octanol–water partition coefficient (Wildman–Crippen LogP) is 2.09. The molecule has 0 aliphatic carbocycles.